The molecule has 0 fully saturated rings. The average molecular weight is 427 g/mol. The zero-order valence-electron chi connectivity index (χ0n) is 17.6. The second kappa shape index (κ2) is 9.61. The second-order valence-electron chi connectivity index (χ2n) is 6.74. The summed E-state index contributed by atoms with van der Waals surface area (Å²) in [5, 5.41) is 11.3. The molecule has 0 aliphatic carbocycles. The van der Waals surface area contributed by atoms with Crippen molar-refractivity contribution in [2.45, 2.75) is 0 Å². The van der Waals surface area contributed by atoms with Gasteiger partial charge < -0.3 is 19.5 Å². The van der Waals surface area contributed by atoms with E-state index in [1.807, 2.05) is 30.3 Å². The molecule has 0 aliphatic heterocycles. The number of benzene rings is 3. The van der Waals surface area contributed by atoms with Crippen LogP contribution in [0.25, 0.3) is 11.3 Å². The third-order valence-electron chi connectivity index (χ3n) is 4.70. The van der Waals surface area contributed by atoms with Crippen LogP contribution in [-0.2, 0) is 0 Å². The van der Waals surface area contributed by atoms with E-state index in [2.05, 4.69) is 15.5 Å². The van der Waals surface area contributed by atoms with E-state index in [0.717, 1.165) is 5.56 Å². The summed E-state index contributed by atoms with van der Waals surface area (Å²) >= 11 is 0. The number of carbonyl (C=O) groups is 1. The van der Waals surface area contributed by atoms with Gasteiger partial charge >= 0.3 is 0 Å². The minimum atomic E-state index is -0.250. The van der Waals surface area contributed by atoms with Crippen molar-refractivity contribution in [1.29, 1.82) is 0 Å². The van der Waals surface area contributed by atoms with Crippen molar-refractivity contribution in [2.24, 2.45) is 0 Å². The molecule has 4 rings (SSSR count). The van der Waals surface area contributed by atoms with Crippen molar-refractivity contribution in [2.75, 3.05) is 19.5 Å². The third kappa shape index (κ3) is 4.67. The second-order valence-corrected chi connectivity index (χ2v) is 6.74. The number of rotatable bonds is 7. The number of para-hydroxylation sites is 4. The minimum Gasteiger partial charge on any atom is -0.495 e. The van der Waals surface area contributed by atoms with E-state index >= 15 is 0 Å². The molecule has 1 aromatic heterocycles. The maximum Gasteiger partial charge on any atom is 0.255 e. The van der Waals surface area contributed by atoms with Crippen LogP contribution in [0.4, 0.5) is 5.69 Å². The monoisotopic (exact) mass is 427 g/mol. The predicted molar refractivity (Wildman–Crippen MR) is 121 cm³/mol. The lowest BCUT2D eigenvalue weighted by Gasteiger charge is -2.11. The number of hydrogen-bond acceptors (Lipinski definition) is 6. The molecule has 160 valence electrons. The predicted octanol–water partition coefficient (Wildman–Crippen LogP) is 5.21. The average Bonchev–Trinajstić information content (AvgIpc) is 2.85. The lowest BCUT2D eigenvalue weighted by Crippen LogP contribution is -2.12. The summed E-state index contributed by atoms with van der Waals surface area (Å²) in [4.78, 5) is 12.7. The number of aromatic nitrogens is 2. The van der Waals surface area contributed by atoms with Gasteiger partial charge in [-0.2, -0.15) is 0 Å². The van der Waals surface area contributed by atoms with E-state index in [4.69, 9.17) is 14.2 Å². The Morgan fingerprint density at radius 1 is 0.750 bits per heavy atom. The van der Waals surface area contributed by atoms with Gasteiger partial charge in [0.2, 0.25) is 5.88 Å². The molecule has 0 saturated carbocycles. The van der Waals surface area contributed by atoms with Crippen molar-refractivity contribution in [3.05, 3.63) is 90.5 Å². The van der Waals surface area contributed by atoms with Crippen LogP contribution in [-0.4, -0.2) is 30.3 Å². The highest BCUT2D eigenvalue weighted by atomic mass is 16.5. The molecule has 7 nitrogen and oxygen atoms in total. The van der Waals surface area contributed by atoms with Crippen molar-refractivity contribution in [3.63, 3.8) is 0 Å². The summed E-state index contributed by atoms with van der Waals surface area (Å²) in [6.07, 6.45) is 0. The Morgan fingerprint density at radius 2 is 1.47 bits per heavy atom. The van der Waals surface area contributed by atoms with Crippen LogP contribution in [0.5, 0.6) is 23.1 Å². The summed E-state index contributed by atoms with van der Waals surface area (Å²) in [7, 11) is 3.14. The molecule has 0 spiro atoms. The van der Waals surface area contributed by atoms with E-state index in [1.54, 1.807) is 68.8 Å². The summed E-state index contributed by atoms with van der Waals surface area (Å²) in [5.74, 6) is 1.83. The highest BCUT2D eigenvalue weighted by Crippen LogP contribution is 2.30. The molecular weight excluding hydrogens is 406 g/mol. The molecule has 7 heteroatoms. The molecule has 0 saturated heterocycles. The Hall–Kier alpha value is -4.39. The van der Waals surface area contributed by atoms with E-state index in [0.29, 0.717) is 40.1 Å². The van der Waals surface area contributed by atoms with E-state index in [1.165, 1.54) is 0 Å². The molecule has 32 heavy (non-hydrogen) atoms. The molecule has 0 atom stereocenters. The van der Waals surface area contributed by atoms with Crippen LogP contribution < -0.4 is 19.5 Å². The third-order valence-corrected chi connectivity index (χ3v) is 4.70. The first kappa shape index (κ1) is 20.9. The molecule has 0 bridgehead atoms. The summed E-state index contributed by atoms with van der Waals surface area (Å²) in [5.41, 5.74) is 2.46. The van der Waals surface area contributed by atoms with E-state index < -0.39 is 0 Å². The highest BCUT2D eigenvalue weighted by Gasteiger charge is 2.12. The number of nitrogens with zero attached hydrogens (tertiary/aromatic N) is 2. The topological polar surface area (TPSA) is 82.6 Å². The van der Waals surface area contributed by atoms with Crippen molar-refractivity contribution >= 4 is 11.6 Å². The molecule has 4 aromatic rings. The van der Waals surface area contributed by atoms with Gasteiger partial charge in [0.05, 0.1) is 25.6 Å². The number of ether oxygens (including phenoxy) is 3. The highest BCUT2D eigenvalue weighted by molar-refractivity contribution is 6.05. The summed E-state index contributed by atoms with van der Waals surface area (Å²) < 4.78 is 16.3. The first-order valence-corrected chi connectivity index (χ1v) is 9.87. The van der Waals surface area contributed by atoms with Crippen LogP contribution >= 0.6 is 0 Å². The lowest BCUT2D eigenvalue weighted by molar-refractivity contribution is 0.102. The van der Waals surface area contributed by atoms with Gasteiger partial charge in [0.1, 0.15) is 5.75 Å². The van der Waals surface area contributed by atoms with Gasteiger partial charge in [-0.05, 0) is 42.5 Å². The van der Waals surface area contributed by atoms with Crippen LogP contribution in [0.3, 0.4) is 0 Å². The van der Waals surface area contributed by atoms with Gasteiger partial charge in [-0.3, -0.25) is 4.79 Å². The Kier molecular flexibility index (Phi) is 6.27. The number of anilines is 1. The fourth-order valence-electron chi connectivity index (χ4n) is 3.11. The Bertz CT molecular complexity index is 1230. The van der Waals surface area contributed by atoms with Gasteiger partial charge in [0.15, 0.2) is 11.5 Å². The quantitative estimate of drug-likeness (QED) is 0.436. The van der Waals surface area contributed by atoms with Gasteiger partial charge in [-0.25, -0.2) is 0 Å². The normalized spacial score (nSPS) is 10.3. The molecule has 1 amide bonds. The van der Waals surface area contributed by atoms with Gasteiger partial charge in [-0.15, -0.1) is 10.2 Å². The SMILES string of the molecule is COc1ccccc1NC(=O)c1cccc(-c2ccc(Oc3ccccc3OC)nn2)c1. The smallest absolute Gasteiger partial charge is 0.255 e. The fourth-order valence-corrected chi connectivity index (χ4v) is 3.11. The van der Waals surface area contributed by atoms with E-state index in [-0.39, 0.29) is 5.91 Å². The molecule has 3 aromatic carbocycles. The molecule has 0 aliphatic rings. The zero-order chi connectivity index (χ0) is 22.3. The van der Waals surface area contributed by atoms with Crippen molar-refractivity contribution < 1.29 is 19.0 Å². The zero-order valence-corrected chi connectivity index (χ0v) is 17.6. The lowest BCUT2D eigenvalue weighted by atomic mass is 10.1. The number of hydrogen-bond donors (Lipinski definition) is 1. The summed E-state index contributed by atoms with van der Waals surface area (Å²) in [6, 6.07) is 25.2. The molecule has 1 N–H and O–H groups in total. The van der Waals surface area contributed by atoms with Gasteiger partial charge in [0, 0.05) is 17.2 Å². The Labute approximate surface area is 185 Å². The van der Waals surface area contributed by atoms with E-state index in [9.17, 15) is 4.79 Å². The maximum atomic E-state index is 12.7. The van der Waals surface area contributed by atoms with Crippen molar-refractivity contribution in [1.82, 2.24) is 10.2 Å². The number of nitrogens with one attached hydrogen (secondary N) is 1. The fraction of sp³-hybridized carbons (Fsp3) is 0.0800. The Morgan fingerprint density at radius 3 is 2.19 bits per heavy atom. The van der Waals surface area contributed by atoms with Crippen LogP contribution in [0, 0.1) is 0 Å². The number of methoxy groups -OCH3 is 2. The van der Waals surface area contributed by atoms with Crippen LogP contribution in [0.2, 0.25) is 0 Å². The molecule has 0 unspecified atom stereocenters. The summed E-state index contributed by atoms with van der Waals surface area (Å²) in [6.45, 7) is 0. The minimum absolute atomic E-state index is 0.250. The largest absolute Gasteiger partial charge is 0.495 e. The Balaban J connectivity index is 1.51. The van der Waals surface area contributed by atoms with Gasteiger partial charge in [-0.1, -0.05) is 36.4 Å². The molecular formula is C25H21N3O4. The first-order valence-electron chi connectivity index (χ1n) is 9.87. The molecule has 0 radical (unpaired) electrons. The molecule has 1 heterocycles. The number of amides is 1. The standard InChI is InChI=1S/C25H21N3O4/c1-30-21-11-4-3-10-20(21)26-25(29)18-9-7-8-17(16-18)19-14-15-24(28-27-19)32-23-13-6-5-12-22(23)31-2/h3-16H,1-2H3,(H,26,29). The maximum absolute atomic E-state index is 12.7. The van der Waals surface area contributed by atoms with Gasteiger partial charge in [0.25, 0.3) is 5.91 Å². The van der Waals surface area contributed by atoms with Crippen LogP contribution in [0.1, 0.15) is 10.4 Å². The number of carbonyl (C=O) groups excluding carboxylic acids is 1. The first-order chi connectivity index (χ1) is 15.7. The van der Waals surface area contributed by atoms with Crippen molar-refractivity contribution in [3.8, 4) is 34.4 Å². The van der Waals surface area contributed by atoms with Crippen LogP contribution in [0.15, 0.2) is 84.9 Å².